The highest BCUT2D eigenvalue weighted by atomic mass is 19.1. The van der Waals surface area contributed by atoms with E-state index in [4.69, 9.17) is 30.0 Å². The summed E-state index contributed by atoms with van der Waals surface area (Å²) in [5, 5.41) is 0. The molecule has 0 atom stereocenters. The number of guanidine groups is 3. The van der Waals surface area contributed by atoms with E-state index in [1.807, 2.05) is 26.0 Å². The second-order valence-electron chi connectivity index (χ2n) is 16.2. The average molecular weight is 704 g/mol. The number of nitrogens with zero attached hydrogens (tertiary/aromatic N) is 7. The van der Waals surface area contributed by atoms with Gasteiger partial charge in [-0.05, 0) is 126 Å². The molecule has 0 radical (unpaired) electrons. The molecule has 0 amide bonds. The van der Waals surface area contributed by atoms with Crippen molar-refractivity contribution in [2.24, 2.45) is 41.8 Å². The van der Waals surface area contributed by atoms with Crippen LogP contribution in [-0.2, 0) is 10.8 Å². The van der Waals surface area contributed by atoms with Crippen molar-refractivity contribution in [3.63, 3.8) is 0 Å². The molecular weight excluding hydrogens is 660 g/mol. The van der Waals surface area contributed by atoms with Crippen LogP contribution in [0.5, 0.6) is 0 Å². The van der Waals surface area contributed by atoms with Crippen LogP contribution in [-0.4, -0.2) is 40.3 Å². The third-order valence-electron chi connectivity index (χ3n) is 12.1. The molecule has 5 aliphatic rings. The van der Waals surface area contributed by atoms with Gasteiger partial charge in [0.25, 0.3) is 0 Å². The quantitative estimate of drug-likeness (QED) is 0.230. The first-order chi connectivity index (χ1) is 24.8. The fourth-order valence-corrected chi connectivity index (χ4v) is 8.33. The molecule has 7 nitrogen and oxygen atoms in total. The van der Waals surface area contributed by atoms with E-state index in [0.29, 0.717) is 62.7 Å². The SMILES string of the molecule is CC(C)c1cc(C2=NC3=NC(c4ccc(F)c(C(C)(C)C5CCCC5)c4)=NC4=NC(c5ccc(F)c(C(C)(C)C6CCC6)c5)=NC(=N2)N34)ccc1F. The van der Waals surface area contributed by atoms with E-state index in [9.17, 15) is 4.39 Å². The summed E-state index contributed by atoms with van der Waals surface area (Å²) >= 11 is 0. The summed E-state index contributed by atoms with van der Waals surface area (Å²) in [6, 6.07) is 14.9. The maximum Gasteiger partial charge on any atom is 0.243 e. The Balaban J connectivity index is 1.27. The first-order valence-corrected chi connectivity index (χ1v) is 18.5. The van der Waals surface area contributed by atoms with E-state index in [1.165, 1.54) is 18.2 Å². The molecule has 2 fully saturated rings. The van der Waals surface area contributed by atoms with E-state index in [2.05, 4.69) is 27.7 Å². The molecule has 268 valence electrons. The molecule has 0 aromatic heterocycles. The van der Waals surface area contributed by atoms with E-state index < -0.39 is 0 Å². The molecule has 0 unspecified atom stereocenters. The van der Waals surface area contributed by atoms with Crippen molar-refractivity contribution >= 4 is 35.4 Å². The smallest absolute Gasteiger partial charge is 0.213 e. The Morgan fingerprint density at radius 1 is 0.538 bits per heavy atom. The van der Waals surface area contributed by atoms with Crippen LogP contribution in [0.3, 0.4) is 0 Å². The number of amidine groups is 3. The van der Waals surface area contributed by atoms with Crippen molar-refractivity contribution in [3.8, 4) is 0 Å². The summed E-state index contributed by atoms with van der Waals surface area (Å²) < 4.78 is 45.8. The van der Waals surface area contributed by atoms with Crippen LogP contribution in [0.25, 0.3) is 0 Å². The number of benzene rings is 3. The predicted molar refractivity (Wildman–Crippen MR) is 202 cm³/mol. The van der Waals surface area contributed by atoms with Gasteiger partial charge in [0.1, 0.15) is 17.5 Å². The lowest BCUT2D eigenvalue weighted by Gasteiger charge is -2.41. The number of rotatable bonds is 8. The van der Waals surface area contributed by atoms with Crippen LogP contribution in [0.15, 0.2) is 84.6 Å². The zero-order valence-corrected chi connectivity index (χ0v) is 30.6. The molecular formula is C42H44F3N7. The Labute approximate surface area is 303 Å². The molecule has 0 saturated heterocycles. The van der Waals surface area contributed by atoms with Crippen LogP contribution in [0, 0.1) is 29.3 Å². The fraction of sp³-hybridized carbons (Fsp3) is 0.429. The van der Waals surface area contributed by atoms with Crippen LogP contribution in [0.1, 0.15) is 126 Å². The molecule has 8 rings (SSSR count). The Hall–Kier alpha value is -4.73. The van der Waals surface area contributed by atoms with Crippen LogP contribution < -0.4 is 0 Å². The van der Waals surface area contributed by atoms with E-state index in [-0.39, 0.29) is 52.1 Å². The van der Waals surface area contributed by atoms with E-state index in [0.717, 1.165) is 44.9 Å². The fourth-order valence-electron chi connectivity index (χ4n) is 8.33. The molecule has 0 bridgehead atoms. The van der Waals surface area contributed by atoms with Crippen molar-refractivity contribution in [2.75, 3.05) is 0 Å². The molecule has 3 aliphatic heterocycles. The van der Waals surface area contributed by atoms with Crippen molar-refractivity contribution in [1.29, 1.82) is 0 Å². The molecule has 3 heterocycles. The summed E-state index contributed by atoms with van der Waals surface area (Å²) in [6.07, 6.45) is 7.73. The Bertz CT molecular complexity index is 2160. The monoisotopic (exact) mass is 703 g/mol. The lowest BCUT2D eigenvalue weighted by atomic mass is 9.64. The number of aliphatic imine (C=N–C) groups is 6. The van der Waals surface area contributed by atoms with Gasteiger partial charge in [-0.25, -0.2) is 18.1 Å². The Morgan fingerprint density at radius 3 is 1.31 bits per heavy atom. The number of hydrogen-bond donors (Lipinski definition) is 0. The molecule has 3 aromatic rings. The minimum absolute atomic E-state index is 0.0601. The highest BCUT2D eigenvalue weighted by Crippen LogP contribution is 2.45. The summed E-state index contributed by atoms with van der Waals surface area (Å²) in [5.74, 6) is 1.60. The van der Waals surface area contributed by atoms with Gasteiger partial charge in [0.15, 0.2) is 17.5 Å². The highest BCUT2D eigenvalue weighted by molar-refractivity contribution is 6.34. The van der Waals surface area contributed by atoms with Gasteiger partial charge in [-0.15, -0.1) is 0 Å². The average Bonchev–Trinajstić information content (AvgIpc) is 3.64. The zero-order chi connectivity index (χ0) is 36.5. The number of hydrogen-bond acceptors (Lipinski definition) is 7. The molecule has 2 aliphatic carbocycles. The van der Waals surface area contributed by atoms with Crippen molar-refractivity contribution < 1.29 is 13.2 Å². The van der Waals surface area contributed by atoms with Gasteiger partial charge in [0, 0.05) is 16.7 Å². The molecule has 52 heavy (non-hydrogen) atoms. The maximum absolute atomic E-state index is 15.6. The zero-order valence-electron chi connectivity index (χ0n) is 30.6. The first-order valence-electron chi connectivity index (χ1n) is 18.5. The van der Waals surface area contributed by atoms with Crippen molar-refractivity contribution in [3.05, 3.63) is 105 Å². The van der Waals surface area contributed by atoms with E-state index in [1.54, 1.807) is 29.2 Å². The standard InChI is InChI=1S/C42H44F3N7/c1-23(2)29-20-24(14-17-32(29)43)35-46-38-48-36(25-15-18-33(44)30(21-25)41(3,4)27-10-7-8-11-27)50-40-51-37(49-39(47-35)52(38)40)26-16-19-34(45)31(22-26)42(5,6)28-12-9-13-28/h14-23,27-28H,7-13H2,1-6H3. The van der Waals surface area contributed by atoms with Gasteiger partial charge in [-0.1, -0.05) is 60.8 Å². The molecule has 0 N–H and O–H groups in total. The highest BCUT2D eigenvalue weighted by Gasteiger charge is 2.40. The lowest BCUT2D eigenvalue weighted by Crippen LogP contribution is -2.48. The minimum Gasteiger partial charge on any atom is -0.213 e. The maximum atomic E-state index is 15.6. The molecule has 0 spiro atoms. The Kier molecular flexibility index (Phi) is 8.42. The van der Waals surface area contributed by atoms with Gasteiger partial charge in [-0.3, -0.25) is 0 Å². The van der Waals surface area contributed by atoms with Crippen molar-refractivity contribution in [1.82, 2.24) is 4.90 Å². The van der Waals surface area contributed by atoms with Crippen molar-refractivity contribution in [2.45, 2.75) is 103 Å². The minimum atomic E-state index is -0.382. The predicted octanol–water partition coefficient (Wildman–Crippen LogP) is 9.82. The van der Waals surface area contributed by atoms with Crippen LogP contribution in [0.2, 0.25) is 0 Å². The van der Waals surface area contributed by atoms with Gasteiger partial charge >= 0.3 is 0 Å². The van der Waals surface area contributed by atoms with Crippen LogP contribution >= 0.6 is 0 Å². The van der Waals surface area contributed by atoms with Crippen LogP contribution in [0.4, 0.5) is 13.2 Å². The summed E-state index contributed by atoms with van der Waals surface area (Å²) in [5.41, 5.74) is 2.93. The van der Waals surface area contributed by atoms with Gasteiger partial charge in [0.05, 0.1) is 0 Å². The second kappa shape index (κ2) is 12.7. The normalized spacial score (nSPS) is 19.4. The Morgan fingerprint density at radius 2 is 0.923 bits per heavy atom. The topological polar surface area (TPSA) is 77.4 Å². The van der Waals surface area contributed by atoms with Gasteiger partial charge < -0.3 is 0 Å². The summed E-state index contributed by atoms with van der Waals surface area (Å²) in [7, 11) is 0. The van der Waals surface area contributed by atoms with Gasteiger partial charge in [-0.2, -0.15) is 30.0 Å². The molecule has 10 heteroatoms. The summed E-state index contributed by atoms with van der Waals surface area (Å²) in [4.78, 5) is 30.8. The largest absolute Gasteiger partial charge is 0.243 e. The number of halogens is 3. The van der Waals surface area contributed by atoms with Gasteiger partial charge in [0.2, 0.25) is 17.9 Å². The molecule has 2 saturated carbocycles. The third-order valence-corrected chi connectivity index (χ3v) is 12.1. The summed E-state index contributed by atoms with van der Waals surface area (Å²) in [6.45, 7) is 12.3. The molecule has 3 aromatic carbocycles. The third kappa shape index (κ3) is 5.84. The second-order valence-corrected chi connectivity index (χ2v) is 16.2. The lowest BCUT2D eigenvalue weighted by molar-refractivity contribution is 0.190. The van der Waals surface area contributed by atoms with E-state index >= 15 is 8.78 Å². The first kappa shape index (κ1) is 34.4.